The molecule has 176 valence electrons. The minimum absolute atomic E-state index is 0.00905. The standard InChI is InChI=1S/C20H26ClN3O6S2/c1-20(2,3)30-19(26)22-8-7-17(25)23-18-24(13-9-12(21)5-6-15(13)29-4)14-10-32(27,28)11-16(14)31-18/h5-6,9,14,16H,7-8,10-11H2,1-4H3,(H,22,26)/t14-,16+/m0/s1. The monoisotopic (exact) mass is 503 g/mol. The highest BCUT2D eigenvalue weighted by molar-refractivity contribution is 8.16. The molecule has 2 aliphatic rings. The van der Waals surface area contributed by atoms with Gasteiger partial charge in [0.25, 0.3) is 0 Å². The van der Waals surface area contributed by atoms with Crippen LogP contribution in [0.25, 0.3) is 0 Å². The van der Waals surface area contributed by atoms with Crippen molar-refractivity contribution in [1.82, 2.24) is 5.32 Å². The molecule has 32 heavy (non-hydrogen) atoms. The maximum Gasteiger partial charge on any atom is 0.407 e. The second-order valence-corrected chi connectivity index (χ2v) is 12.3. The largest absolute Gasteiger partial charge is 0.495 e. The number of halogens is 1. The second kappa shape index (κ2) is 9.48. The summed E-state index contributed by atoms with van der Waals surface area (Å²) >= 11 is 7.44. The number of amidine groups is 1. The van der Waals surface area contributed by atoms with Gasteiger partial charge in [-0.3, -0.25) is 4.79 Å². The molecule has 0 radical (unpaired) electrons. The van der Waals surface area contributed by atoms with E-state index in [9.17, 15) is 18.0 Å². The third-order valence-corrected chi connectivity index (χ3v) is 8.14. The number of nitrogens with zero attached hydrogens (tertiary/aromatic N) is 2. The molecule has 2 saturated heterocycles. The van der Waals surface area contributed by atoms with Crippen molar-refractivity contribution >= 4 is 56.1 Å². The number of fused-ring (bicyclic) bond motifs is 1. The minimum atomic E-state index is -3.20. The number of ether oxygens (including phenoxy) is 2. The fourth-order valence-corrected chi connectivity index (χ4v) is 7.54. The molecule has 2 heterocycles. The van der Waals surface area contributed by atoms with Gasteiger partial charge in [0, 0.05) is 23.2 Å². The van der Waals surface area contributed by atoms with Crippen molar-refractivity contribution in [3.8, 4) is 5.75 Å². The summed E-state index contributed by atoms with van der Waals surface area (Å²) in [5.41, 5.74) is -0.0841. The van der Waals surface area contributed by atoms with E-state index >= 15 is 0 Å². The van der Waals surface area contributed by atoms with Crippen LogP contribution in [0, 0.1) is 0 Å². The molecular weight excluding hydrogens is 478 g/mol. The van der Waals surface area contributed by atoms with E-state index in [0.29, 0.717) is 21.6 Å². The molecule has 0 saturated carbocycles. The van der Waals surface area contributed by atoms with E-state index in [2.05, 4.69) is 10.3 Å². The first kappa shape index (κ1) is 24.7. The lowest BCUT2D eigenvalue weighted by atomic mass is 10.2. The van der Waals surface area contributed by atoms with Crippen molar-refractivity contribution in [2.45, 2.75) is 44.1 Å². The summed E-state index contributed by atoms with van der Waals surface area (Å²) in [6.07, 6.45) is -0.643. The predicted molar refractivity (Wildman–Crippen MR) is 126 cm³/mol. The fraction of sp³-hybridized carbons (Fsp3) is 0.550. The van der Waals surface area contributed by atoms with Gasteiger partial charge in [-0.2, -0.15) is 4.99 Å². The van der Waals surface area contributed by atoms with E-state index in [4.69, 9.17) is 21.1 Å². The Morgan fingerprint density at radius 2 is 2.03 bits per heavy atom. The molecule has 12 heteroatoms. The van der Waals surface area contributed by atoms with Crippen molar-refractivity contribution in [2.75, 3.05) is 30.1 Å². The van der Waals surface area contributed by atoms with Gasteiger partial charge in [-0.1, -0.05) is 23.4 Å². The van der Waals surface area contributed by atoms with E-state index in [1.807, 2.05) is 0 Å². The molecule has 1 aromatic carbocycles. The molecule has 2 atom stereocenters. The van der Waals surface area contributed by atoms with E-state index in [0.717, 1.165) is 0 Å². The van der Waals surface area contributed by atoms with E-state index < -0.39 is 27.4 Å². The van der Waals surface area contributed by atoms with Crippen LogP contribution < -0.4 is 15.0 Å². The molecule has 2 aliphatic heterocycles. The number of hydrogen-bond donors (Lipinski definition) is 1. The number of methoxy groups -OCH3 is 1. The van der Waals surface area contributed by atoms with Crippen LogP contribution in [0.2, 0.25) is 5.02 Å². The fourth-order valence-electron chi connectivity index (χ4n) is 3.45. The van der Waals surface area contributed by atoms with Crippen LogP contribution in [0.1, 0.15) is 27.2 Å². The SMILES string of the molecule is COc1ccc(Cl)cc1N1C(=NC(=O)CCNC(=O)OC(C)(C)C)S[C@@H]2CS(=O)(=O)C[C@@H]21. The number of alkyl carbamates (subject to hydrolysis) is 1. The van der Waals surface area contributed by atoms with Gasteiger partial charge < -0.3 is 19.7 Å². The highest BCUT2D eigenvalue weighted by Crippen LogP contribution is 2.44. The molecule has 2 fully saturated rings. The third kappa shape index (κ3) is 6.08. The average Bonchev–Trinajstić information content (AvgIpc) is 3.10. The lowest BCUT2D eigenvalue weighted by Crippen LogP contribution is -2.38. The molecule has 3 rings (SSSR count). The Morgan fingerprint density at radius 1 is 1.31 bits per heavy atom. The second-order valence-electron chi connectivity index (χ2n) is 8.45. The van der Waals surface area contributed by atoms with Crippen molar-refractivity contribution in [2.24, 2.45) is 4.99 Å². The summed E-state index contributed by atoms with van der Waals surface area (Å²) in [5.74, 6) is 0.00662. The van der Waals surface area contributed by atoms with Crippen molar-refractivity contribution in [3.05, 3.63) is 23.2 Å². The Morgan fingerprint density at radius 3 is 2.69 bits per heavy atom. The highest BCUT2D eigenvalue weighted by atomic mass is 35.5. The zero-order chi connectivity index (χ0) is 23.7. The number of carbonyl (C=O) groups is 2. The van der Waals surface area contributed by atoms with Gasteiger partial charge >= 0.3 is 6.09 Å². The number of aliphatic imine (C=N–C) groups is 1. The lowest BCUT2D eigenvalue weighted by Gasteiger charge is -2.26. The molecule has 1 aromatic rings. The zero-order valence-corrected chi connectivity index (χ0v) is 20.6. The highest BCUT2D eigenvalue weighted by Gasteiger charge is 2.50. The summed E-state index contributed by atoms with van der Waals surface area (Å²) in [6.45, 7) is 5.31. The van der Waals surface area contributed by atoms with Crippen LogP contribution >= 0.6 is 23.4 Å². The first-order chi connectivity index (χ1) is 14.9. The molecule has 1 N–H and O–H groups in total. The summed E-state index contributed by atoms with van der Waals surface area (Å²) in [4.78, 5) is 30.2. The quantitative estimate of drug-likeness (QED) is 0.652. The van der Waals surface area contributed by atoms with Crippen LogP contribution in [-0.2, 0) is 19.4 Å². The summed E-state index contributed by atoms with van der Waals surface area (Å²) in [5, 5.41) is 3.10. The van der Waals surface area contributed by atoms with Crippen LogP contribution in [0.3, 0.4) is 0 Å². The lowest BCUT2D eigenvalue weighted by molar-refractivity contribution is -0.117. The Hall–Kier alpha value is -1.98. The topological polar surface area (TPSA) is 114 Å². The maximum atomic E-state index is 12.5. The predicted octanol–water partition coefficient (Wildman–Crippen LogP) is 2.86. The van der Waals surface area contributed by atoms with Crippen molar-refractivity contribution in [1.29, 1.82) is 0 Å². The zero-order valence-electron chi connectivity index (χ0n) is 18.3. The summed E-state index contributed by atoms with van der Waals surface area (Å²) < 4.78 is 35.0. The molecule has 9 nitrogen and oxygen atoms in total. The number of sulfone groups is 1. The number of amides is 2. The number of benzene rings is 1. The van der Waals surface area contributed by atoms with Crippen LogP contribution in [-0.4, -0.2) is 67.6 Å². The minimum Gasteiger partial charge on any atom is -0.495 e. The summed E-state index contributed by atoms with van der Waals surface area (Å²) in [7, 11) is -1.70. The van der Waals surface area contributed by atoms with E-state index in [1.165, 1.54) is 18.9 Å². The van der Waals surface area contributed by atoms with Gasteiger partial charge in [0.2, 0.25) is 5.91 Å². The van der Waals surface area contributed by atoms with E-state index in [1.54, 1.807) is 43.9 Å². The number of rotatable bonds is 5. The Bertz CT molecular complexity index is 1040. The third-order valence-electron chi connectivity index (χ3n) is 4.69. The molecule has 0 unspecified atom stereocenters. The number of anilines is 1. The maximum absolute atomic E-state index is 12.5. The number of carbonyl (C=O) groups excluding carboxylic acids is 2. The molecule has 0 spiro atoms. The van der Waals surface area contributed by atoms with Crippen LogP contribution in [0.4, 0.5) is 10.5 Å². The van der Waals surface area contributed by atoms with Crippen LogP contribution in [0.5, 0.6) is 5.75 Å². The van der Waals surface area contributed by atoms with Crippen molar-refractivity contribution in [3.63, 3.8) is 0 Å². The first-order valence-corrected chi connectivity index (χ1v) is 13.0. The van der Waals surface area contributed by atoms with Gasteiger partial charge in [-0.05, 0) is 39.0 Å². The van der Waals surface area contributed by atoms with Gasteiger partial charge in [0.15, 0.2) is 15.0 Å². The Balaban J connectivity index is 1.79. The van der Waals surface area contributed by atoms with Crippen molar-refractivity contribution < 1.29 is 27.5 Å². The average molecular weight is 504 g/mol. The number of hydrogen-bond acceptors (Lipinski definition) is 7. The molecule has 0 aromatic heterocycles. The van der Waals surface area contributed by atoms with Gasteiger partial charge in [-0.15, -0.1) is 0 Å². The van der Waals surface area contributed by atoms with Crippen LogP contribution in [0.15, 0.2) is 23.2 Å². The Labute approximate surface area is 196 Å². The van der Waals surface area contributed by atoms with E-state index in [-0.39, 0.29) is 35.8 Å². The number of nitrogens with one attached hydrogen (secondary N) is 1. The van der Waals surface area contributed by atoms with Gasteiger partial charge in [0.05, 0.1) is 30.3 Å². The smallest absolute Gasteiger partial charge is 0.407 e. The molecule has 0 aliphatic carbocycles. The number of thioether (sulfide) groups is 1. The van der Waals surface area contributed by atoms with Gasteiger partial charge in [-0.25, -0.2) is 13.2 Å². The summed E-state index contributed by atoms with van der Waals surface area (Å²) in [6, 6.07) is 4.63. The first-order valence-electron chi connectivity index (χ1n) is 9.97. The molecule has 2 amide bonds. The normalized spacial score (nSPS) is 23.2. The molecule has 0 bridgehead atoms. The van der Waals surface area contributed by atoms with Gasteiger partial charge in [0.1, 0.15) is 11.4 Å². The molecular formula is C20H26ClN3O6S2. The Kier molecular flexibility index (Phi) is 7.31.